The second-order valence-corrected chi connectivity index (χ2v) is 6.04. The standard InChI is InChI=1S/C15H19ClO/c1-2-3-6-17-14-5-4-12(16)7-13(14)15-8-11(9-15)10-15/h4-5,7,11H,2-3,6,8-10H2,1H3. The zero-order valence-electron chi connectivity index (χ0n) is 10.3. The predicted octanol–water partition coefficient (Wildman–Crippen LogP) is 4.57. The van der Waals surface area contributed by atoms with E-state index in [4.69, 9.17) is 16.3 Å². The molecule has 0 radical (unpaired) electrons. The van der Waals surface area contributed by atoms with Gasteiger partial charge >= 0.3 is 0 Å². The Bertz CT molecular complexity index is 410. The minimum absolute atomic E-state index is 0.428. The third-order valence-electron chi connectivity index (χ3n) is 4.31. The molecule has 4 rings (SSSR count). The lowest BCUT2D eigenvalue weighted by Crippen LogP contribution is -2.55. The lowest BCUT2D eigenvalue weighted by atomic mass is 9.42. The molecule has 0 N–H and O–H groups in total. The Kier molecular flexibility index (Phi) is 2.82. The summed E-state index contributed by atoms with van der Waals surface area (Å²) < 4.78 is 5.92. The van der Waals surface area contributed by atoms with Crippen molar-refractivity contribution >= 4 is 11.6 Å². The van der Waals surface area contributed by atoms with Gasteiger partial charge in [0.25, 0.3) is 0 Å². The van der Waals surface area contributed by atoms with Gasteiger partial charge in [0.15, 0.2) is 0 Å². The van der Waals surface area contributed by atoms with Gasteiger partial charge < -0.3 is 4.74 Å². The second kappa shape index (κ2) is 4.20. The first-order valence-electron chi connectivity index (χ1n) is 6.66. The van der Waals surface area contributed by atoms with E-state index >= 15 is 0 Å². The van der Waals surface area contributed by atoms with Gasteiger partial charge in [-0.15, -0.1) is 0 Å². The topological polar surface area (TPSA) is 9.23 Å². The number of hydrogen-bond acceptors (Lipinski definition) is 1. The molecule has 0 aromatic heterocycles. The first kappa shape index (κ1) is 11.4. The van der Waals surface area contributed by atoms with Crippen LogP contribution in [0.3, 0.4) is 0 Å². The molecule has 3 fully saturated rings. The number of halogens is 1. The Morgan fingerprint density at radius 3 is 2.71 bits per heavy atom. The monoisotopic (exact) mass is 250 g/mol. The van der Waals surface area contributed by atoms with E-state index in [2.05, 4.69) is 13.0 Å². The van der Waals surface area contributed by atoms with Gasteiger partial charge in [-0.05, 0) is 55.2 Å². The normalized spacial score (nSPS) is 29.4. The van der Waals surface area contributed by atoms with E-state index in [-0.39, 0.29) is 0 Å². The van der Waals surface area contributed by atoms with Gasteiger partial charge in [-0.25, -0.2) is 0 Å². The largest absolute Gasteiger partial charge is 0.493 e. The lowest BCUT2D eigenvalue weighted by molar-refractivity contribution is -0.0293. The van der Waals surface area contributed by atoms with Crippen LogP contribution >= 0.6 is 11.6 Å². The average molecular weight is 251 g/mol. The molecule has 92 valence electrons. The number of ether oxygens (including phenoxy) is 1. The van der Waals surface area contributed by atoms with Crippen molar-refractivity contribution in [3.05, 3.63) is 28.8 Å². The Hall–Kier alpha value is -0.690. The van der Waals surface area contributed by atoms with Crippen molar-refractivity contribution in [3.8, 4) is 5.75 Å². The molecule has 1 aromatic carbocycles. The molecule has 0 atom stereocenters. The molecule has 3 aliphatic carbocycles. The summed E-state index contributed by atoms with van der Waals surface area (Å²) in [6, 6.07) is 6.11. The summed E-state index contributed by atoms with van der Waals surface area (Å²) in [6.45, 7) is 3.01. The molecule has 0 spiro atoms. The molecular weight excluding hydrogens is 232 g/mol. The van der Waals surface area contributed by atoms with Gasteiger partial charge in [0, 0.05) is 10.6 Å². The molecule has 1 nitrogen and oxygen atoms in total. The van der Waals surface area contributed by atoms with Crippen LogP contribution in [0.5, 0.6) is 5.75 Å². The van der Waals surface area contributed by atoms with Gasteiger partial charge in [0.05, 0.1) is 6.61 Å². The molecule has 0 heterocycles. The Balaban J connectivity index is 1.81. The summed E-state index contributed by atoms with van der Waals surface area (Å²) in [5.41, 5.74) is 1.79. The highest BCUT2D eigenvalue weighted by Gasteiger charge is 2.58. The fourth-order valence-electron chi connectivity index (χ4n) is 3.18. The van der Waals surface area contributed by atoms with E-state index in [0.717, 1.165) is 29.7 Å². The summed E-state index contributed by atoms with van der Waals surface area (Å²) >= 11 is 6.13. The van der Waals surface area contributed by atoms with Crippen LogP contribution in [0.1, 0.15) is 44.6 Å². The Morgan fingerprint density at radius 1 is 1.35 bits per heavy atom. The van der Waals surface area contributed by atoms with Crippen LogP contribution < -0.4 is 4.74 Å². The third kappa shape index (κ3) is 1.85. The molecule has 2 heteroatoms. The zero-order valence-corrected chi connectivity index (χ0v) is 11.1. The van der Waals surface area contributed by atoms with Crippen LogP contribution in [-0.2, 0) is 5.41 Å². The summed E-state index contributed by atoms with van der Waals surface area (Å²) in [6.07, 6.45) is 6.33. The molecule has 0 amide bonds. The van der Waals surface area contributed by atoms with E-state index in [1.54, 1.807) is 0 Å². The smallest absolute Gasteiger partial charge is 0.123 e. The number of unbranched alkanes of at least 4 members (excludes halogenated alkanes) is 1. The molecular formula is C15H19ClO. The predicted molar refractivity (Wildman–Crippen MR) is 70.9 cm³/mol. The van der Waals surface area contributed by atoms with Gasteiger partial charge in [0.1, 0.15) is 5.75 Å². The van der Waals surface area contributed by atoms with E-state index in [1.807, 2.05) is 12.1 Å². The molecule has 3 aliphatic rings. The van der Waals surface area contributed by atoms with E-state index < -0.39 is 0 Å². The van der Waals surface area contributed by atoms with E-state index in [1.165, 1.54) is 31.2 Å². The van der Waals surface area contributed by atoms with Gasteiger partial charge in [-0.2, -0.15) is 0 Å². The maximum Gasteiger partial charge on any atom is 0.123 e. The average Bonchev–Trinajstić information content (AvgIpc) is 2.17. The number of hydrogen-bond donors (Lipinski definition) is 0. The summed E-state index contributed by atoms with van der Waals surface area (Å²) in [4.78, 5) is 0. The molecule has 0 aliphatic heterocycles. The highest BCUT2D eigenvalue weighted by molar-refractivity contribution is 6.30. The second-order valence-electron chi connectivity index (χ2n) is 5.60. The Morgan fingerprint density at radius 2 is 2.12 bits per heavy atom. The highest BCUT2D eigenvalue weighted by Crippen LogP contribution is 2.66. The fourth-order valence-corrected chi connectivity index (χ4v) is 3.35. The van der Waals surface area contributed by atoms with Gasteiger partial charge in [0.2, 0.25) is 0 Å². The molecule has 0 unspecified atom stereocenters. The lowest BCUT2D eigenvalue weighted by Gasteiger charge is -2.62. The number of rotatable bonds is 5. The van der Waals surface area contributed by atoms with Crippen molar-refractivity contribution < 1.29 is 4.74 Å². The van der Waals surface area contributed by atoms with Crippen LogP contribution in [0.2, 0.25) is 5.02 Å². The molecule has 17 heavy (non-hydrogen) atoms. The first-order valence-corrected chi connectivity index (χ1v) is 7.04. The molecule has 2 bridgehead atoms. The third-order valence-corrected chi connectivity index (χ3v) is 4.54. The van der Waals surface area contributed by atoms with Crippen LogP contribution in [-0.4, -0.2) is 6.61 Å². The fraction of sp³-hybridized carbons (Fsp3) is 0.600. The molecule has 0 saturated heterocycles. The SMILES string of the molecule is CCCCOc1ccc(Cl)cc1C12CC(C1)C2. The number of benzene rings is 1. The highest BCUT2D eigenvalue weighted by atomic mass is 35.5. The van der Waals surface area contributed by atoms with Gasteiger partial charge in [-0.3, -0.25) is 0 Å². The summed E-state index contributed by atoms with van der Waals surface area (Å²) in [5, 5.41) is 0.840. The van der Waals surface area contributed by atoms with Crippen molar-refractivity contribution in [1.29, 1.82) is 0 Å². The maximum absolute atomic E-state index is 6.13. The summed E-state index contributed by atoms with van der Waals surface area (Å²) in [7, 11) is 0. The zero-order chi connectivity index (χ0) is 11.9. The minimum Gasteiger partial charge on any atom is -0.493 e. The van der Waals surface area contributed by atoms with Crippen LogP contribution in [0, 0.1) is 5.92 Å². The van der Waals surface area contributed by atoms with Crippen molar-refractivity contribution in [1.82, 2.24) is 0 Å². The van der Waals surface area contributed by atoms with Crippen molar-refractivity contribution in [3.63, 3.8) is 0 Å². The van der Waals surface area contributed by atoms with E-state index in [0.29, 0.717) is 5.41 Å². The van der Waals surface area contributed by atoms with Gasteiger partial charge in [-0.1, -0.05) is 24.9 Å². The van der Waals surface area contributed by atoms with Crippen molar-refractivity contribution in [2.24, 2.45) is 5.92 Å². The quantitative estimate of drug-likeness (QED) is 0.696. The van der Waals surface area contributed by atoms with E-state index in [9.17, 15) is 0 Å². The van der Waals surface area contributed by atoms with Crippen molar-refractivity contribution in [2.75, 3.05) is 6.61 Å². The Labute approximate surface area is 108 Å². The molecule has 3 saturated carbocycles. The van der Waals surface area contributed by atoms with Crippen molar-refractivity contribution in [2.45, 2.75) is 44.4 Å². The summed E-state index contributed by atoms with van der Waals surface area (Å²) in [5.74, 6) is 2.05. The molecule has 1 aromatic rings. The minimum atomic E-state index is 0.428. The first-order chi connectivity index (χ1) is 8.23. The van der Waals surface area contributed by atoms with Crippen LogP contribution in [0.25, 0.3) is 0 Å². The van der Waals surface area contributed by atoms with Crippen LogP contribution in [0.15, 0.2) is 18.2 Å². The maximum atomic E-state index is 6.13. The van der Waals surface area contributed by atoms with Crippen LogP contribution in [0.4, 0.5) is 0 Å².